The molecule has 25 heavy (non-hydrogen) atoms. The highest BCUT2D eigenvalue weighted by Crippen LogP contribution is 2.61. The summed E-state index contributed by atoms with van der Waals surface area (Å²) in [5, 5.41) is 0. The highest BCUT2D eigenvalue weighted by atomic mass is 16.2. The maximum absolute atomic E-state index is 13.4. The van der Waals surface area contributed by atoms with Crippen LogP contribution >= 0.6 is 0 Å². The molecule has 4 bridgehead atoms. The van der Waals surface area contributed by atoms with Crippen molar-refractivity contribution >= 4 is 5.91 Å². The van der Waals surface area contributed by atoms with E-state index in [4.69, 9.17) is 0 Å². The van der Waals surface area contributed by atoms with Crippen LogP contribution in [0.5, 0.6) is 0 Å². The van der Waals surface area contributed by atoms with Crippen molar-refractivity contribution < 1.29 is 4.79 Å². The number of amides is 1. The van der Waals surface area contributed by atoms with Crippen molar-refractivity contribution in [1.82, 2.24) is 4.90 Å². The van der Waals surface area contributed by atoms with E-state index in [0.717, 1.165) is 37.1 Å². The van der Waals surface area contributed by atoms with Crippen LogP contribution in [0.1, 0.15) is 50.2 Å². The topological polar surface area (TPSA) is 20.3 Å². The van der Waals surface area contributed by atoms with Gasteiger partial charge in [-0.3, -0.25) is 4.79 Å². The Hall–Kier alpha value is -1.31. The van der Waals surface area contributed by atoms with E-state index in [1.165, 1.54) is 43.2 Å². The summed E-state index contributed by atoms with van der Waals surface area (Å²) < 4.78 is 0. The third kappa shape index (κ3) is 2.06. The minimum absolute atomic E-state index is 0.266. The Morgan fingerprint density at radius 2 is 1.64 bits per heavy atom. The Morgan fingerprint density at radius 3 is 2.32 bits per heavy atom. The van der Waals surface area contributed by atoms with Gasteiger partial charge in [-0.05, 0) is 85.2 Å². The number of rotatable bonds is 1. The van der Waals surface area contributed by atoms with Gasteiger partial charge in [-0.2, -0.15) is 0 Å². The third-order valence-corrected chi connectivity index (χ3v) is 8.53. The first-order valence-corrected chi connectivity index (χ1v) is 10.5. The average Bonchev–Trinajstić information content (AvgIpc) is 2.87. The van der Waals surface area contributed by atoms with Gasteiger partial charge < -0.3 is 4.90 Å². The van der Waals surface area contributed by atoms with E-state index in [0.29, 0.717) is 23.3 Å². The van der Waals surface area contributed by atoms with Crippen molar-refractivity contribution in [1.29, 1.82) is 0 Å². The number of carbonyl (C=O) groups is 1. The number of carbonyl (C=O) groups excluding carboxylic acids is 1. The van der Waals surface area contributed by atoms with Crippen molar-refractivity contribution in [2.24, 2.45) is 35.0 Å². The standard InChI is InChI=1S/C23H29NO/c1-23-10-14-6-17(11-23)21(18(7-14)12-23)24-13-19-8-15-4-2-3-5-16(15)9-20(19)22(24)25/h2-5,14,17-21H,6-13H2,1H3/t14?,17-,18+,19-,20-,21+,23-/m0/s1. The number of hydrogen-bond acceptors (Lipinski definition) is 1. The summed E-state index contributed by atoms with van der Waals surface area (Å²) in [5.41, 5.74) is 3.52. The molecule has 132 valence electrons. The van der Waals surface area contributed by atoms with Crippen LogP contribution in [0.15, 0.2) is 24.3 Å². The molecule has 1 unspecified atom stereocenters. The molecule has 6 aliphatic rings. The lowest BCUT2D eigenvalue weighted by Crippen LogP contribution is -2.59. The highest BCUT2D eigenvalue weighted by Gasteiger charge is 2.57. The van der Waals surface area contributed by atoms with Crippen LogP contribution in [0.25, 0.3) is 0 Å². The van der Waals surface area contributed by atoms with Crippen LogP contribution in [0.4, 0.5) is 0 Å². The minimum Gasteiger partial charge on any atom is -0.339 e. The lowest BCUT2D eigenvalue weighted by atomic mass is 9.48. The van der Waals surface area contributed by atoms with E-state index < -0.39 is 0 Å². The Morgan fingerprint density at radius 1 is 0.960 bits per heavy atom. The van der Waals surface area contributed by atoms with Gasteiger partial charge in [0.15, 0.2) is 0 Å². The molecule has 7 atom stereocenters. The third-order valence-electron chi connectivity index (χ3n) is 8.53. The molecule has 1 amide bonds. The normalized spacial score (nSPS) is 47.1. The van der Waals surface area contributed by atoms with E-state index in [9.17, 15) is 4.79 Å². The first-order valence-electron chi connectivity index (χ1n) is 10.5. The maximum atomic E-state index is 13.4. The molecule has 5 fully saturated rings. The molecule has 1 aliphatic heterocycles. The van der Waals surface area contributed by atoms with Crippen LogP contribution in [0.2, 0.25) is 0 Å². The number of benzene rings is 1. The van der Waals surface area contributed by atoms with Crippen molar-refractivity contribution in [2.45, 2.75) is 57.9 Å². The van der Waals surface area contributed by atoms with Gasteiger partial charge >= 0.3 is 0 Å². The monoisotopic (exact) mass is 335 g/mol. The lowest BCUT2D eigenvalue weighted by molar-refractivity contribution is -0.147. The molecule has 5 aliphatic carbocycles. The second kappa shape index (κ2) is 4.90. The number of hydrogen-bond donors (Lipinski definition) is 0. The second-order valence-corrected chi connectivity index (χ2v) is 10.3. The molecule has 0 radical (unpaired) electrons. The summed E-state index contributed by atoms with van der Waals surface area (Å²) >= 11 is 0. The average molecular weight is 335 g/mol. The van der Waals surface area contributed by atoms with Crippen molar-refractivity contribution in [3.8, 4) is 0 Å². The maximum Gasteiger partial charge on any atom is 0.226 e. The minimum atomic E-state index is 0.266. The molecule has 7 rings (SSSR count). The SMILES string of the molecule is C[C@@]12CC3C[C@H](C1)[C@H](N1C[C@@H]4Cc5ccccc5C[C@@H]4C1=O)[C@@H](C3)C2. The summed E-state index contributed by atoms with van der Waals surface area (Å²) in [6, 6.07) is 9.39. The van der Waals surface area contributed by atoms with Gasteiger partial charge in [0.2, 0.25) is 5.91 Å². The van der Waals surface area contributed by atoms with Gasteiger partial charge in [-0.15, -0.1) is 0 Å². The summed E-state index contributed by atoms with van der Waals surface area (Å²) in [6.45, 7) is 3.56. The Balaban J connectivity index is 1.29. The van der Waals surface area contributed by atoms with Gasteiger partial charge in [0.25, 0.3) is 0 Å². The van der Waals surface area contributed by atoms with Crippen LogP contribution in [0, 0.1) is 35.0 Å². The van der Waals surface area contributed by atoms with Gasteiger partial charge in [-0.25, -0.2) is 0 Å². The Bertz CT molecular complexity index is 723. The molecule has 0 spiro atoms. The molecule has 1 aromatic rings. The predicted octanol–water partition coefficient (Wildman–Crippen LogP) is 4.07. The molecule has 1 saturated heterocycles. The molecule has 1 aromatic carbocycles. The zero-order valence-corrected chi connectivity index (χ0v) is 15.3. The van der Waals surface area contributed by atoms with Gasteiger partial charge in [0.05, 0.1) is 0 Å². The molecule has 1 heterocycles. The van der Waals surface area contributed by atoms with Crippen LogP contribution in [-0.2, 0) is 17.6 Å². The van der Waals surface area contributed by atoms with E-state index >= 15 is 0 Å². The van der Waals surface area contributed by atoms with Crippen molar-refractivity contribution in [3.05, 3.63) is 35.4 Å². The molecular weight excluding hydrogens is 306 g/mol. The summed E-state index contributed by atoms with van der Waals surface area (Å²) in [4.78, 5) is 15.8. The first-order chi connectivity index (χ1) is 12.1. The summed E-state index contributed by atoms with van der Waals surface area (Å²) in [7, 11) is 0. The Kier molecular flexibility index (Phi) is 2.90. The number of fused-ring (bicyclic) bond motifs is 2. The smallest absolute Gasteiger partial charge is 0.226 e. The fourth-order valence-corrected chi connectivity index (χ4v) is 8.00. The second-order valence-electron chi connectivity index (χ2n) is 10.3. The largest absolute Gasteiger partial charge is 0.339 e. The molecular formula is C23H29NO. The molecule has 2 nitrogen and oxygen atoms in total. The number of likely N-dealkylation sites (tertiary alicyclic amines) is 1. The summed E-state index contributed by atoms with van der Waals surface area (Å²) in [6.07, 6.45) is 9.12. The molecule has 0 aromatic heterocycles. The zero-order chi connectivity index (χ0) is 16.8. The quantitative estimate of drug-likeness (QED) is 0.757. The van der Waals surface area contributed by atoms with E-state index in [1.54, 1.807) is 0 Å². The van der Waals surface area contributed by atoms with E-state index in [1.807, 2.05) is 0 Å². The van der Waals surface area contributed by atoms with Crippen LogP contribution < -0.4 is 0 Å². The Labute approximate surface area is 151 Å². The fourth-order valence-electron chi connectivity index (χ4n) is 8.00. The van der Waals surface area contributed by atoms with Gasteiger partial charge in [-0.1, -0.05) is 31.2 Å². The van der Waals surface area contributed by atoms with Crippen LogP contribution in [0.3, 0.4) is 0 Å². The van der Waals surface area contributed by atoms with E-state index in [-0.39, 0.29) is 5.92 Å². The van der Waals surface area contributed by atoms with Gasteiger partial charge in [0, 0.05) is 18.5 Å². The molecule has 0 N–H and O–H groups in total. The van der Waals surface area contributed by atoms with Crippen molar-refractivity contribution in [2.75, 3.05) is 6.54 Å². The molecule has 4 saturated carbocycles. The first kappa shape index (κ1) is 14.8. The highest BCUT2D eigenvalue weighted by molar-refractivity contribution is 5.82. The zero-order valence-electron chi connectivity index (χ0n) is 15.3. The molecule has 2 heteroatoms. The fraction of sp³-hybridized carbons (Fsp3) is 0.696. The van der Waals surface area contributed by atoms with Gasteiger partial charge in [0.1, 0.15) is 0 Å². The van der Waals surface area contributed by atoms with E-state index in [2.05, 4.69) is 36.1 Å². The summed E-state index contributed by atoms with van der Waals surface area (Å²) in [5.74, 6) is 3.88. The number of nitrogens with zero attached hydrogens (tertiary/aromatic N) is 1. The predicted molar refractivity (Wildman–Crippen MR) is 98.0 cm³/mol. The lowest BCUT2D eigenvalue weighted by Gasteiger charge is -2.61. The van der Waals surface area contributed by atoms with Crippen LogP contribution in [-0.4, -0.2) is 23.4 Å². The van der Waals surface area contributed by atoms with Crippen molar-refractivity contribution in [3.63, 3.8) is 0 Å².